The van der Waals surface area contributed by atoms with E-state index >= 15 is 0 Å². The van der Waals surface area contributed by atoms with Gasteiger partial charge < -0.3 is 14.7 Å². The van der Waals surface area contributed by atoms with Crippen LogP contribution in [0, 0.1) is 35.0 Å². The van der Waals surface area contributed by atoms with Crippen molar-refractivity contribution < 1.29 is 9.84 Å². The smallest absolute Gasteiger partial charge is 0.0765 e. The molecular formula is C29H45NO2. The summed E-state index contributed by atoms with van der Waals surface area (Å²) in [6.07, 6.45) is 13.4. The minimum absolute atomic E-state index is 0.0587. The lowest BCUT2D eigenvalue weighted by atomic mass is 9.56. The summed E-state index contributed by atoms with van der Waals surface area (Å²) >= 11 is 0. The molecule has 2 saturated heterocycles. The van der Waals surface area contributed by atoms with E-state index in [0.29, 0.717) is 23.5 Å². The second-order valence-corrected chi connectivity index (χ2v) is 13.1. The molecule has 178 valence electrons. The lowest BCUT2D eigenvalue weighted by Gasteiger charge is -2.49. The molecule has 0 aromatic heterocycles. The second-order valence-electron chi connectivity index (χ2n) is 13.1. The van der Waals surface area contributed by atoms with Crippen LogP contribution in [0.25, 0.3) is 0 Å². The fourth-order valence-electron chi connectivity index (χ4n) is 9.88. The SMILES string of the molecule is CC1=C2C[C@H]3C(CCC4=C[C@@H](O)CC[C@@]43C)[C@@H]2CC[C@@]2(C1)O[C@@H]1C[C@H](C)CN(C)[C@H]1[C@H]2C. The number of fused-ring (bicyclic) bond motifs is 6. The van der Waals surface area contributed by atoms with Gasteiger partial charge in [-0.05, 0) is 101 Å². The summed E-state index contributed by atoms with van der Waals surface area (Å²) in [5, 5.41) is 10.3. The fraction of sp³-hybridized carbons (Fsp3) is 0.862. The van der Waals surface area contributed by atoms with Crippen LogP contribution in [0.3, 0.4) is 0 Å². The molecule has 0 aromatic rings. The molecule has 4 aliphatic carbocycles. The minimum Gasteiger partial charge on any atom is -0.389 e. The largest absolute Gasteiger partial charge is 0.389 e. The Morgan fingerprint density at radius 2 is 1.97 bits per heavy atom. The topological polar surface area (TPSA) is 32.7 Å². The Kier molecular flexibility index (Phi) is 5.07. The number of aliphatic hydroxyl groups is 1. The van der Waals surface area contributed by atoms with Crippen LogP contribution in [0.1, 0.15) is 85.5 Å². The first kappa shape index (κ1) is 21.9. The molecule has 32 heavy (non-hydrogen) atoms. The number of ether oxygens (including phenoxy) is 1. The van der Waals surface area contributed by atoms with E-state index in [1.54, 1.807) is 11.1 Å². The third kappa shape index (κ3) is 3.02. The van der Waals surface area contributed by atoms with Crippen molar-refractivity contribution >= 4 is 0 Å². The van der Waals surface area contributed by atoms with Crippen molar-refractivity contribution in [1.29, 1.82) is 0 Å². The third-order valence-electron chi connectivity index (χ3n) is 11.4. The lowest BCUT2D eigenvalue weighted by molar-refractivity contribution is -0.0778. The van der Waals surface area contributed by atoms with Gasteiger partial charge in [0.1, 0.15) is 0 Å². The molecule has 2 heterocycles. The molecule has 3 nitrogen and oxygen atoms in total. The van der Waals surface area contributed by atoms with Crippen LogP contribution in [0.15, 0.2) is 22.8 Å². The first-order valence-electron chi connectivity index (χ1n) is 13.7. The lowest BCUT2D eigenvalue weighted by Crippen LogP contribution is -2.49. The van der Waals surface area contributed by atoms with Gasteiger partial charge in [-0.25, -0.2) is 0 Å². The summed E-state index contributed by atoms with van der Waals surface area (Å²) in [5.74, 6) is 3.77. The Balaban J connectivity index is 1.30. The molecule has 0 bridgehead atoms. The molecule has 1 unspecified atom stereocenters. The highest BCUT2D eigenvalue weighted by Crippen LogP contribution is 2.64. The highest BCUT2D eigenvalue weighted by atomic mass is 16.5. The van der Waals surface area contributed by atoms with E-state index in [0.717, 1.165) is 36.5 Å². The van der Waals surface area contributed by atoms with Crippen LogP contribution in [-0.4, -0.2) is 47.4 Å². The van der Waals surface area contributed by atoms with E-state index < -0.39 is 0 Å². The number of nitrogens with zero attached hydrogens (tertiary/aromatic N) is 1. The maximum atomic E-state index is 10.3. The van der Waals surface area contributed by atoms with Crippen molar-refractivity contribution in [2.45, 2.75) is 109 Å². The molecule has 6 rings (SSSR count). The Labute approximate surface area is 195 Å². The third-order valence-corrected chi connectivity index (χ3v) is 11.4. The number of hydrogen-bond acceptors (Lipinski definition) is 3. The van der Waals surface area contributed by atoms with E-state index in [-0.39, 0.29) is 11.7 Å². The van der Waals surface area contributed by atoms with Crippen LogP contribution >= 0.6 is 0 Å². The zero-order valence-corrected chi connectivity index (χ0v) is 21.1. The molecule has 2 aliphatic heterocycles. The minimum atomic E-state index is -0.201. The zero-order chi connectivity index (χ0) is 22.4. The number of likely N-dealkylation sites (tertiary alicyclic amines) is 1. The molecule has 3 heteroatoms. The van der Waals surface area contributed by atoms with Crippen molar-refractivity contribution in [1.82, 2.24) is 4.90 Å². The summed E-state index contributed by atoms with van der Waals surface area (Å²) in [5.41, 5.74) is 5.46. The highest BCUT2D eigenvalue weighted by molar-refractivity contribution is 5.33. The number of aliphatic hydroxyl groups excluding tert-OH is 1. The van der Waals surface area contributed by atoms with Crippen LogP contribution in [0.2, 0.25) is 0 Å². The maximum absolute atomic E-state index is 10.3. The Hall–Kier alpha value is -0.640. The Morgan fingerprint density at radius 3 is 2.78 bits per heavy atom. The Morgan fingerprint density at radius 1 is 1.16 bits per heavy atom. The van der Waals surface area contributed by atoms with Gasteiger partial charge in [0.2, 0.25) is 0 Å². The van der Waals surface area contributed by atoms with Gasteiger partial charge in [0, 0.05) is 18.5 Å². The molecule has 0 radical (unpaired) electrons. The average molecular weight is 440 g/mol. The number of likely N-dealkylation sites (N-methyl/N-ethyl adjacent to an activating group) is 1. The summed E-state index contributed by atoms with van der Waals surface area (Å²) in [6.45, 7) is 11.1. The molecule has 1 N–H and O–H groups in total. The molecule has 0 amide bonds. The van der Waals surface area contributed by atoms with Crippen molar-refractivity contribution in [3.05, 3.63) is 22.8 Å². The standard InChI is InChI=1S/C29H45NO2/c1-17-12-26-27(30(5)16-17)19(3)29(32-26)11-9-22-23-7-6-20-13-21(31)8-10-28(20,4)25(23)14-24(22)18(2)15-29/h13,17,19,21-23,25-27,31H,6-12,14-16H2,1-5H3/t17-,19+,21-,22-,23?,25-,26+,27-,28-,29-/m0/s1. The second kappa shape index (κ2) is 7.43. The summed E-state index contributed by atoms with van der Waals surface area (Å²) < 4.78 is 7.10. The fourth-order valence-corrected chi connectivity index (χ4v) is 9.88. The number of hydrogen-bond donors (Lipinski definition) is 1. The van der Waals surface area contributed by atoms with Gasteiger partial charge in [0.05, 0.1) is 17.8 Å². The van der Waals surface area contributed by atoms with Gasteiger partial charge in [0.15, 0.2) is 0 Å². The van der Waals surface area contributed by atoms with E-state index in [9.17, 15) is 5.11 Å². The molecule has 2 saturated carbocycles. The first-order chi connectivity index (χ1) is 15.2. The van der Waals surface area contributed by atoms with Crippen molar-refractivity contribution in [3.63, 3.8) is 0 Å². The van der Waals surface area contributed by atoms with Crippen molar-refractivity contribution in [2.24, 2.45) is 35.0 Å². The maximum Gasteiger partial charge on any atom is 0.0765 e. The number of rotatable bonds is 0. The van der Waals surface area contributed by atoms with Gasteiger partial charge >= 0.3 is 0 Å². The van der Waals surface area contributed by atoms with E-state index in [4.69, 9.17) is 4.74 Å². The van der Waals surface area contributed by atoms with Crippen LogP contribution in [0.4, 0.5) is 0 Å². The van der Waals surface area contributed by atoms with Gasteiger partial charge in [-0.15, -0.1) is 0 Å². The van der Waals surface area contributed by atoms with Gasteiger partial charge in [-0.2, -0.15) is 0 Å². The van der Waals surface area contributed by atoms with Crippen molar-refractivity contribution in [2.75, 3.05) is 13.6 Å². The predicted octanol–water partition coefficient (Wildman–Crippen LogP) is 5.73. The summed E-state index contributed by atoms with van der Waals surface area (Å²) in [4.78, 5) is 2.62. The van der Waals surface area contributed by atoms with Crippen molar-refractivity contribution in [3.8, 4) is 0 Å². The molecule has 1 spiro atoms. The zero-order valence-electron chi connectivity index (χ0n) is 21.1. The number of piperidine rings is 1. The van der Waals surface area contributed by atoms with Gasteiger partial charge in [-0.1, -0.05) is 43.6 Å². The van der Waals surface area contributed by atoms with E-state index in [1.807, 2.05) is 5.57 Å². The van der Waals surface area contributed by atoms with E-state index in [1.165, 1.54) is 51.5 Å². The monoisotopic (exact) mass is 439 g/mol. The average Bonchev–Trinajstić information content (AvgIpc) is 3.19. The predicted molar refractivity (Wildman–Crippen MR) is 129 cm³/mol. The highest BCUT2D eigenvalue weighted by Gasteiger charge is 2.59. The Bertz CT molecular complexity index is 846. The molecule has 4 fully saturated rings. The summed E-state index contributed by atoms with van der Waals surface area (Å²) in [6, 6.07) is 0.602. The molecule has 10 atom stereocenters. The van der Waals surface area contributed by atoms with Gasteiger partial charge in [0.25, 0.3) is 0 Å². The number of allylic oxidation sites excluding steroid dienone is 2. The first-order valence-corrected chi connectivity index (χ1v) is 13.7. The van der Waals surface area contributed by atoms with Gasteiger partial charge in [-0.3, -0.25) is 0 Å². The quantitative estimate of drug-likeness (QED) is 0.489. The summed E-state index contributed by atoms with van der Waals surface area (Å²) in [7, 11) is 2.34. The van der Waals surface area contributed by atoms with E-state index in [2.05, 4.69) is 45.7 Å². The molecular weight excluding hydrogens is 394 g/mol. The molecule has 0 aromatic carbocycles. The molecule has 6 aliphatic rings. The normalized spacial score (nSPS) is 53.4. The van der Waals surface area contributed by atoms with Crippen LogP contribution < -0.4 is 0 Å². The van der Waals surface area contributed by atoms with Crippen LogP contribution in [0.5, 0.6) is 0 Å². The van der Waals surface area contributed by atoms with Crippen LogP contribution in [-0.2, 0) is 4.74 Å².